The van der Waals surface area contributed by atoms with Gasteiger partial charge >= 0.3 is 0 Å². The van der Waals surface area contributed by atoms with Gasteiger partial charge in [-0.25, -0.2) is 0 Å². The molecule has 1 saturated heterocycles. The summed E-state index contributed by atoms with van der Waals surface area (Å²) in [5.41, 5.74) is 2.70. The highest BCUT2D eigenvalue weighted by atomic mass is 79.9. The highest BCUT2D eigenvalue weighted by Gasteiger charge is 2.49. The lowest BCUT2D eigenvalue weighted by molar-refractivity contribution is -0.268. The molecule has 2 aromatic carbocycles. The van der Waals surface area contributed by atoms with E-state index in [1.54, 1.807) is 0 Å². The van der Waals surface area contributed by atoms with Crippen molar-refractivity contribution < 1.29 is 28.8 Å². The molecule has 1 N–H and O–H groups in total. The molecule has 0 radical (unpaired) electrons. The molecule has 6 nitrogen and oxygen atoms in total. The number of benzene rings is 2. The number of rotatable bonds is 20. The van der Waals surface area contributed by atoms with Crippen LogP contribution in [0.15, 0.2) is 40.9 Å². The lowest BCUT2D eigenvalue weighted by atomic mass is 9.89. The molecule has 2 aromatic rings. The van der Waals surface area contributed by atoms with E-state index in [0.717, 1.165) is 68.1 Å². The zero-order valence-electron chi connectivity index (χ0n) is 26.5. The summed E-state index contributed by atoms with van der Waals surface area (Å²) in [6.45, 7) is 11.5. The van der Waals surface area contributed by atoms with Crippen molar-refractivity contribution in [2.45, 2.75) is 116 Å². The number of unbranched alkanes of at least 4 members (excludes halogenated alkanes) is 4. The zero-order valence-corrected chi connectivity index (χ0v) is 28.8. The fourth-order valence-corrected chi connectivity index (χ4v) is 6.13. The lowest BCUT2D eigenvalue weighted by Gasteiger charge is -2.46. The molecule has 5 atom stereocenters. The Kier molecular flexibility index (Phi) is 16.9. The second-order valence-electron chi connectivity index (χ2n) is 11.4. The molecular weight excluding hydrogens is 632 g/mol. The molecule has 0 aromatic heterocycles. The first-order chi connectivity index (χ1) is 21.0. The largest absolute Gasteiger partial charge is 0.505 e. The van der Waals surface area contributed by atoms with Gasteiger partial charge in [0.1, 0.15) is 36.3 Å². The van der Waals surface area contributed by atoms with Gasteiger partial charge in [-0.2, -0.15) is 0 Å². The first-order valence-corrected chi connectivity index (χ1v) is 17.4. The maximum atomic E-state index is 11.2. The van der Waals surface area contributed by atoms with Crippen molar-refractivity contribution >= 4 is 27.5 Å². The molecule has 8 heteroatoms. The number of hydrogen-bond donors (Lipinski definition) is 1. The Morgan fingerprint density at radius 3 is 1.95 bits per heavy atom. The standard InChI is InChI=1S/C35H52BrClO6/c1-5-9-18-39-24-28-33(40-19-10-6-2)35(42-21-12-8-4)34(41-20-11-7-3)32(43-28)27-23-26(30(37)31(38)29(27)36)22-25-16-14-13-15-17-25/h13-17,23,28,32-35,38H,5-12,18-22,24H2,1-4H3/t28-,32+,33-,34+,35+/m1/s1. The lowest BCUT2D eigenvalue weighted by Crippen LogP contribution is -2.58. The van der Waals surface area contributed by atoms with Crippen LogP contribution in [0.3, 0.4) is 0 Å². The smallest absolute Gasteiger partial charge is 0.149 e. The Bertz CT molecular complexity index is 1050. The summed E-state index contributed by atoms with van der Waals surface area (Å²) in [5.74, 6) is 0.00141. The maximum Gasteiger partial charge on any atom is 0.149 e. The molecule has 1 aliphatic rings. The van der Waals surface area contributed by atoms with E-state index in [2.05, 4.69) is 55.8 Å². The van der Waals surface area contributed by atoms with Gasteiger partial charge in [-0.05, 0) is 65.2 Å². The fourth-order valence-electron chi connectivity index (χ4n) is 5.26. The second kappa shape index (κ2) is 20.0. The van der Waals surface area contributed by atoms with Crippen LogP contribution in [0.4, 0.5) is 0 Å². The molecule has 1 fully saturated rings. The average molecular weight is 684 g/mol. The molecule has 0 saturated carbocycles. The minimum absolute atomic E-state index is 0.00141. The number of phenolic OH excluding ortho intramolecular Hbond substituents is 1. The molecule has 1 aliphatic heterocycles. The Morgan fingerprint density at radius 1 is 0.791 bits per heavy atom. The summed E-state index contributed by atoms with van der Waals surface area (Å²) in [6, 6.07) is 12.2. The highest BCUT2D eigenvalue weighted by molar-refractivity contribution is 9.10. The third kappa shape index (κ3) is 10.7. The fraction of sp³-hybridized carbons (Fsp3) is 0.657. The quantitative estimate of drug-likeness (QED) is 0.140. The van der Waals surface area contributed by atoms with E-state index < -0.39 is 12.2 Å². The van der Waals surface area contributed by atoms with Gasteiger partial charge < -0.3 is 28.8 Å². The van der Waals surface area contributed by atoms with Crippen molar-refractivity contribution in [3.8, 4) is 5.75 Å². The first-order valence-electron chi connectivity index (χ1n) is 16.3. The van der Waals surface area contributed by atoms with Gasteiger partial charge in [-0.1, -0.05) is 95.3 Å². The Labute approximate surface area is 272 Å². The van der Waals surface area contributed by atoms with E-state index in [0.29, 0.717) is 49.0 Å². The summed E-state index contributed by atoms with van der Waals surface area (Å²) >= 11 is 10.4. The van der Waals surface area contributed by atoms with Gasteiger partial charge in [0, 0.05) is 32.0 Å². The highest BCUT2D eigenvalue weighted by Crippen LogP contribution is 2.46. The van der Waals surface area contributed by atoms with Crippen molar-refractivity contribution in [3.05, 3.63) is 62.6 Å². The molecule has 0 amide bonds. The van der Waals surface area contributed by atoms with Gasteiger partial charge in [-0.15, -0.1) is 0 Å². The van der Waals surface area contributed by atoms with Crippen molar-refractivity contribution in [2.24, 2.45) is 0 Å². The topological polar surface area (TPSA) is 66.4 Å². The number of phenols is 1. The van der Waals surface area contributed by atoms with Crippen LogP contribution in [-0.4, -0.2) is 62.6 Å². The van der Waals surface area contributed by atoms with Crippen molar-refractivity contribution in [3.63, 3.8) is 0 Å². The van der Waals surface area contributed by atoms with E-state index in [9.17, 15) is 5.11 Å². The van der Waals surface area contributed by atoms with Crippen molar-refractivity contribution in [1.82, 2.24) is 0 Å². The third-order valence-electron chi connectivity index (χ3n) is 7.81. The predicted molar refractivity (Wildman–Crippen MR) is 177 cm³/mol. The van der Waals surface area contributed by atoms with E-state index in [-0.39, 0.29) is 24.1 Å². The van der Waals surface area contributed by atoms with Crippen LogP contribution >= 0.6 is 27.5 Å². The third-order valence-corrected chi connectivity index (χ3v) is 9.06. The summed E-state index contributed by atoms with van der Waals surface area (Å²) in [7, 11) is 0. The van der Waals surface area contributed by atoms with Crippen LogP contribution in [0.5, 0.6) is 5.75 Å². The molecular formula is C35H52BrClO6. The Morgan fingerprint density at radius 2 is 1.35 bits per heavy atom. The minimum Gasteiger partial charge on any atom is -0.505 e. The van der Waals surface area contributed by atoms with Crippen LogP contribution in [0.2, 0.25) is 5.02 Å². The molecule has 0 spiro atoms. The molecule has 43 heavy (non-hydrogen) atoms. The molecule has 242 valence electrons. The van der Waals surface area contributed by atoms with Gasteiger partial charge in [0.15, 0.2) is 0 Å². The van der Waals surface area contributed by atoms with Crippen LogP contribution < -0.4 is 0 Å². The van der Waals surface area contributed by atoms with Crippen molar-refractivity contribution in [2.75, 3.05) is 33.0 Å². The van der Waals surface area contributed by atoms with Crippen LogP contribution in [0, 0.1) is 0 Å². The van der Waals surface area contributed by atoms with Crippen molar-refractivity contribution in [1.29, 1.82) is 0 Å². The molecule has 0 unspecified atom stereocenters. The van der Waals surface area contributed by atoms with Gasteiger partial charge in [0.05, 0.1) is 16.1 Å². The predicted octanol–water partition coefficient (Wildman–Crippen LogP) is 9.21. The number of aromatic hydroxyl groups is 1. The number of halogens is 2. The second-order valence-corrected chi connectivity index (χ2v) is 12.5. The normalized spacial score (nSPS) is 22.2. The van der Waals surface area contributed by atoms with Gasteiger partial charge in [-0.3, -0.25) is 0 Å². The monoisotopic (exact) mass is 682 g/mol. The summed E-state index contributed by atoms with van der Waals surface area (Å²) in [5, 5.41) is 11.6. The van der Waals surface area contributed by atoms with Crippen LogP contribution in [-0.2, 0) is 30.1 Å². The average Bonchev–Trinajstić information content (AvgIpc) is 3.02. The molecule has 0 bridgehead atoms. The van der Waals surface area contributed by atoms with Gasteiger partial charge in [0.2, 0.25) is 0 Å². The summed E-state index contributed by atoms with van der Waals surface area (Å²) in [4.78, 5) is 0. The Balaban J connectivity index is 2.07. The van der Waals surface area contributed by atoms with Crippen LogP contribution in [0.1, 0.15) is 102 Å². The molecule has 0 aliphatic carbocycles. The summed E-state index contributed by atoms with van der Waals surface area (Å²) in [6.07, 6.45) is 6.40. The summed E-state index contributed by atoms with van der Waals surface area (Å²) < 4.78 is 33.4. The SMILES string of the molecule is CCCCOC[C@H]1O[C@@H](c2cc(Cc3ccccc3)c(Cl)c(O)c2Br)[C@H](OCCCC)[C@@H](OCCCC)[C@@H]1OCCCC. The Hall–Kier alpha value is -1.19. The first kappa shape index (κ1) is 36.3. The minimum atomic E-state index is -0.540. The zero-order chi connectivity index (χ0) is 31.0. The molecule has 1 heterocycles. The van der Waals surface area contributed by atoms with Crippen LogP contribution in [0.25, 0.3) is 0 Å². The molecule has 3 rings (SSSR count). The van der Waals surface area contributed by atoms with E-state index >= 15 is 0 Å². The maximum absolute atomic E-state index is 11.2. The number of hydrogen-bond acceptors (Lipinski definition) is 6. The number of ether oxygens (including phenoxy) is 5. The van der Waals surface area contributed by atoms with E-state index in [1.165, 1.54) is 0 Å². The van der Waals surface area contributed by atoms with E-state index in [1.807, 2.05) is 24.3 Å². The van der Waals surface area contributed by atoms with E-state index in [4.69, 9.17) is 35.3 Å². The van der Waals surface area contributed by atoms with Gasteiger partial charge in [0.25, 0.3) is 0 Å².